The lowest BCUT2D eigenvalue weighted by molar-refractivity contribution is -0.124. The molecule has 1 aromatic heterocycles. The standard InChI is InChI=1S/C29H27ClN2O4/c1-5-24(27(33)31-21-15-10-17(2)18(3)16-21)36-29(35)26-25(19-11-13-20(30)14-12-19)22-8-6-7-9-23(22)28(34)32(26)4/h6-16,24H,5H2,1-4H3,(H,31,33). The van der Waals surface area contributed by atoms with E-state index in [1.807, 2.05) is 32.0 Å². The summed E-state index contributed by atoms with van der Waals surface area (Å²) in [4.78, 5) is 39.7. The van der Waals surface area contributed by atoms with Crippen LogP contribution in [0.5, 0.6) is 0 Å². The lowest BCUT2D eigenvalue weighted by atomic mass is 9.96. The van der Waals surface area contributed by atoms with Gasteiger partial charge in [-0.15, -0.1) is 0 Å². The van der Waals surface area contributed by atoms with Gasteiger partial charge in [-0.1, -0.05) is 54.9 Å². The molecule has 0 aliphatic rings. The Labute approximate surface area is 214 Å². The number of halogens is 1. The number of aromatic nitrogens is 1. The number of amides is 1. The second kappa shape index (κ2) is 10.4. The van der Waals surface area contributed by atoms with Crippen molar-refractivity contribution in [3.63, 3.8) is 0 Å². The number of benzene rings is 3. The third kappa shape index (κ3) is 4.90. The molecular formula is C29H27ClN2O4. The minimum absolute atomic E-state index is 0.0680. The Morgan fingerprint density at radius 2 is 1.64 bits per heavy atom. The lowest BCUT2D eigenvalue weighted by Crippen LogP contribution is -2.34. The van der Waals surface area contributed by atoms with Crippen molar-refractivity contribution in [3.8, 4) is 11.1 Å². The summed E-state index contributed by atoms with van der Waals surface area (Å²) >= 11 is 6.09. The molecule has 36 heavy (non-hydrogen) atoms. The van der Waals surface area contributed by atoms with Gasteiger partial charge in [0, 0.05) is 28.7 Å². The van der Waals surface area contributed by atoms with Gasteiger partial charge in [-0.25, -0.2) is 4.79 Å². The first-order valence-electron chi connectivity index (χ1n) is 11.7. The molecule has 0 saturated carbocycles. The van der Waals surface area contributed by atoms with Crippen molar-refractivity contribution in [2.24, 2.45) is 7.05 Å². The average Bonchev–Trinajstić information content (AvgIpc) is 2.87. The van der Waals surface area contributed by atoms with E-state index in [9.17, 15) is 14.4 Å². The van der Waals surface area contributed by atoms with Crippen LogP contribution in [0, 0.1) is 13.8 Å². The van der Waals surface area contributed by atoms with Crippen molar-refractivity contribution in [1.29, 1.82) is 0 Å². The van der Waals surface area contributed by atoms with Gasteiger partial charge in [-0.05, 0) is 72.7 Å². The third-order valence-corrected chi connectivity index (χ3v) is 6.57. The summed E-state index contributed by atoms with van der Waals surface area (Å²) in [6.45, 7) is 5.71. The molecule has 0 radical (unpaired) electrons. The molecular weight excluding hydrogens is 476 g/mol. The first-order valence-corrected chi connectivity index (χ1v) is 12.1. The smallest absolute Gasteiger partial charge is 0.356 e. The largest absolute Gasteiger partial charge is 0.448 e. The van der Waals surface area contributed by atoms with Crippen LogP contribution in [0.25, 0.3) is 21.9 Å². The maximum absolute atomic E-state index is 13.6. The Morgan fingerprint density at radius 3 is 2.28 bits per heavy atom. The first-order chi connectivity index (χ1) is 17.2. The van der Waals surface area contributed by atoms with E-state index in [0.717, 1.165) is 11.1 Å². The second-order valence-electron chi connectivity index (χ2n) is 8.73. The highest BCUT2D eigenvalue weighted by molar-refractivity contribution is 6.30. The SMILES string of the molecule is CCC(OC(=O)c1c(-c2ccc(Cl)cc2)c2ccccc2c(=O)n1C)C(=O)Nc1ccc(C)c(C)c1. The molecule has 0 aliphatic carbocycles. The van der Waals surface area contributed by atoms with Crippen molar-refractivity contribution < 1.29 is 14.3 Å². The van der Waals surface area contributed by atoms with Gasteiger partial charge >= 0.3 is 5.97 Å². The number of rotatable bonds is 6. The Balaban J connectivity index is 1.75. The van der Waals surface area contributed by atoms with Gasteiger partial charge in [0.25, 0.3) is 11.5 Å². The molecule has 1 atom stereocenters. The van der Waals surface area contributed by atoms with Crippen LogP contribution in [0.1, 0.15) is 35.0 Å². The zero-order chi connectivity index (χ0) is 26.0. The van der Waals surface area contributed by atoms with Crippen molar-refractivity contribution in [3.05, 3.63) is 98.9 Å². The van der Waals surface area contributed by atoms with Gasteiger partial charge in [-0.3, -0.25) is 9.59 Å². The Kier molecular flexibility index (Phi) is 7.27. The maximum Gasteiger partial charge on any atom is 0.356 e. The number of esters is 1. The Bertz CT molecular complexity index is 1520. The fraction of sp³-hybridized carbons (Fsp3) is 0.207. The summed E-state index contributed by atoms with van der Waals surface area (Å²) in [7, 11) is 1.53. The van der Waals surface area contributed by atoms with Gasteiger partial charge in [0.2, 0.25) is 0 Å². The zero-order valence-electron chi connectivity index (χ0n) is 20.6. The molecule has 4 aromatic rings. The fourth-order valence-electron chi connectivity index (χ4n) is 4.16. The molecule has 1 amide bonds. The summed E-state index contributed by atoms with van der Waals surface area (Å²) in [6.07, 6.45) is -0.779. The number of pyridine rings is 1. The van der Waals surface area contributed by atoms with Gasteiger partial charge < -0.3 is 14.6 Å². The van der Waals surface area contributed by atoms with E-state index in [0.29, 0.717) is 32.6 Å². The number of hydrogen-bond acceptors (Lipinski definition) is 4. The van der Waals surface area contributed by atoms with Crippen LogP contribution in [-0.2, 0) is 16.6 Å². The highest BCUT2D eigenvalue weighted by atomic mass is 35.5. The highest BCUT2D eigenvalue weighted by Gasteiger charge is 2.28. The predicted octanol–water partition coefficient (Wildman–Crippen LogP) is 6.05. The molecule has 4 rings (SSSR count). The zero-order valence-corrected chi connectivity index (χ0v) is 21.3. The summed E-state index contributed by atoms with van der Waals surface area (Å²) in [5.41, 5.74) is 3.75. The van der Waals surface area contributed by atoms with Gasteiger partial charge in [-0.2, -0.15) is 0 Å². The minimum Gasteiger partial charge on any atom is -0.448 e. The van der Waals surface area contributed by atoms with Gasteiger partial charge in [0.1, 0.15) is 5.69 Å². The number of anilines is 1. The monoisotopic (exact) mass is 502 g/mol. The van der Waals surface area contributed by atoms with Crippen molar-refractivity contribution >= 4 is 39.9 Å². The van der Waals surface area contributed by atoms with E-state index in [1.165, 1.54) is 11.6 Å². The number of aryl methyl sites for hydroxylation is 2. The van der Waals surface area contributed by atoms with Crippen molar-refractivity contribution in [2.75, 3.05) is 5.32 Å². The summed E-state index contributed by atoms with van der Waals surface area (Å²) in [5.74, 6) is -1.19. The van der Waals surface area contributed by atoms with E-state index < -0.39 is 18.0 Å². The van der Waals surface area contributed by atoms with Crippen LogP contribution >= 0.6 is 11.6 Å². The van der Waals surface area contributed by atoms with Gasteiger partial charge in [0.15, 0.2) is 6.10 Å². The summed E-state index contributed by atoms with van der Waals surface area (Å²) in [6, 6.07) is 19.7. The second-order valence-corrected chi connectivity index (χ2v) is 9.17. The summed E-state index contributed by atoms with van der Waals surface area (Å²) in [5, 5.41) is 4.46. The molecule has 0 aliphatic heterocycles. The molecule has 0 spiro atoms. The predicted molar refractivity (Wildman–Crippen MR) is 144 cm³/mol. The van der Waals surface area contributed by atoms with E-state index in [2.05, 4.69) is 5.32 Å². The minimum atomic E-state index is -1.04. The number of carbonyl (C=O) groups excluding carboxylic acids is 2. The molecule has 7 heteroatoms. The third-order valence-electron chi connectivity index (χ3n) is 6.32. The topological polar surface area (TPSA) is 77.4 Å². The van der Waals surface area contributed by atoms with E-state index in [4.69, 9.17) is 16.3 Å². The van der Waals surface area contributed by atoms with Crippen LogP contribution in [0.3, 0.4) is 0 Å². The number of fused-ring (bicyclic) bond motifs is 1. The highest BCUT2D eigenvalue weighted by Crippen LogP contribution is 2.32. The number of hydrogen-bond donors (Lipinski definition) is 1. The normalized spacial score (nSPS) is 11.8. The molecule has 0 bridgehead atoms. The molecule has 6 nitrogen and oxygen atoms in total. The van der Waals surface area contributed by atoms with Crippen LogP contribution in [0.15, 0.2) is 71.5 Å². The van der Waals surface area contributed by atoms with Crippen LogP contribution in [0.4, 0.5) is 5.69 Å². The Hall–Kier alpha value is -3.90. The molecule has 1 unspecified atom stereocenters. The van der Waals surface area contributed by atoms with Crippen molar-refractivity contribution in [2.45, 2.75) is 33.3 Å². The molecule has 0 saturated heterocycles. The first kappa shape index (κ1) is 25.2. The van der Waals surface area contributed by atoms with E-state index >= 15 is 0 Å². The number of nitrogens with one attached hydrogen (secondary N) is 1. The molecule has 0 fully saturated rings. The van der Waals surface area contributed by atoms with E-state index in [1.54, 1.807) is 55.5 Å². The van der Waals surface area contributed by atoms with Crippen LogP contribution in [-0.4, -0.2) is 22.5 Å². The molecule has 184 valence electrons. The Morgan fingerprint density at radius 1 is 0.972 bits per heavy atom. The lowest BCUT2D eigenvalue weighted by Gasteiger charge is -2.20. The average molecular weight is 503 g/mol. The number of carbonyl (C=O) groups is 2. The summed E-state index contributed by atoms with van der Waals surface area (Å²) < 4.78 is 6.99. The number of nitrogens with zero attached hydrogens (tertiary/aromatic N) is 1. The van der Waals surface area contributed by atoms with Crippen LogP contribution < -0.4 is 10.9 Å². The maximum atomic E-state index is 13.6. The van der Waals surface area contributed by atoms with Gasteiger partial charge in [0.05, 0.1) is 0 Å². The van der Waals surface area contributed by atoms with Crippen molar-refractivity contribution in [1.82, 2.24) is 4.57 Å². The van der Waals surface area contributed by atoms with Crippen LogP contribution in [0.2, 0.25) is 5.02 Å². The quantitative estimate of drug-likeness (QED) is 0.325. The van der Waals surface area contributed by atoms with E-state index in [-0.39, 0.29) is 17.7 Å². The molecule has 3 aromatic carbocycles. The fourth-order valence-corrected chi connectivity index (χ4v) is 4.29. The molecule has 1 N–H and O–H groups in total. The molecule has 1 heterocycles. The number of ether oxygens (including phenoxy) is 1.